The molecule has 1 aromatic heterocycles. The molecule has 2 aliphatic rings. The molecule has 12 heteroatoms. The first-order valence-corrected chi connectivity index (χ1v) is 11.7. The SMILES string of the molecule is COc1cc(CN2C3=NC=C(c4cnn(C)c4)CC3=NC2N)ccc1OCc1ccc(OC(F)(F)F)cc1. The number of rotatable bonds is 8. The van der Waals surface area contributed by atoms with E-state index in [1.807, 2.05) is 36.5 Å². The van der Waals surface area contributed by atoms with Gasteiger partial charge in [-0.2, -0.15) is 5.10 Å². The van der Waals surface area contributed by atoms with Crippen LogP contribution in [0.4, 0.5) is 13.2 Å². The minimum Gasteiger partial charge on any atom is -0.493 e. The molecule has 0 saturated carbocycles. The zero-order chi connectivity index (χ0) is 26.9. The van der Waals surface area contributed by atoms with E-state index in [4.69, 9.17) is 15.2 Å². The highest BCUT2D eigenvalue weighted by Gasteiger charge is 2.33. The Bertz CT molecular complexity index is 1410. The van der Waals surface area contributed by atoms with E-state index in [2.05, 4.69) is 19.8 Å². The number of methoxy groups -OCH3 is 1. The molecular weight excluding hydrogens is 501 g/mol. The van der Waals surface area contributed by atoms with E-state index in [-0.39, 0.29) is 12.4 Å². The predicted molar refractivity (Wildman–Crippen MR) is 135 cm³/mol. The van der Waals surface area contributed by atoms with Gasteiger partial charge in [-0.15, -0.1) is 13.2 Å². The molecule has 0 spiro atoms. The van der Waals surface area contributed by atoms with Crippen molar-refractivity contribution >= 4 is 17.1 Å². The van der Waals surface area contributed by atoms with E-state index in [1.54, 1.807) is 16.9 Å². The third-order valence-corrected chi connectivity index (χ3v) is 6.05. The Morgan fingerprint density at radius 1 is 1.08 bits per heavy atom. The minimum atomic E-state index is -4.73. The van der Waals surface area contributed by atoms with Gasteiger partial charge in [-0.25, -0.2) is 9.98 Å². The summed E-state index contributed by atoms with van der Waals surface area (Å²) in [5.41, 5.74) is 10.8. The van der Waals surface area contributed by atoms with E-state index < -0.39 is 12.7 Å². The highest BCUT2D eigenvalue weighted by molar-refractivity contribution is 6.45. The van der Waals surface area contributed by atoms with Gasteiger partial charge >= 0.3 is 6.36 Å². The van der Waals surface area contributed by atoms with Gasteiger partial charge in [0, 0.05) is 38.0 Å². The number of nitrogens with zero attached hydrogens (tertiary/aromatic N) is 5. The summed E-state index contributed by atoms with van der Waals surface area (Å²) < 4.78 is 54.1. The Hall–Kier alpha value is -4.32. The highest BCUT2D eigenvalue weighted by atomic mass is 19.4. The number of aromatic nitrogens is 2. The number of fused-ring (bicyclic) bond motifs is 1. The predicted octanol–water partition coefficient (Wildman–Crippen LogP) is 4.25. The van der Waals surface area contributed by atoms with Crippen LogP contribution in [0.25, 0.3) is 5.57 Å². The first-order chi connectivity index (χ1) is 18.2. The second kappa shape index (κ2) is 10.2. The van der Waals surface area contributed by atoms with Crippen molar-refractivity contribution < 1.29 is 27.4 Å². The summed E-state index contributed by atoms with van der Waals surface area (Å²) in [6, 6.07) is 11.0. The maximum atomic E-state index is 12.4. The number of allylic oxidation sites excluding steroid dienone is 1. The van der Waals surface area contributed by atoms with Crippen molar-refractivity contribution in [1.29, 1.82) is 0 Å². The van der Waals surface area contributed by atoms with Gasteiger partial charge in [0.1, 0.15) is 12.4 Å². The van der Waals surface area contributed by atoms with Crippen LogP contribution >= 0.6 is 0 Å². The number of alkyl halides is 3. The van der Waals surface area contributed by atoms with Crippen LogP contribution < -0.4 is 19.9 Å². The molecule has 9 nitrogen and oxygen atoms in total. The molecule has 2 aliphatic heterocycles. The molecule has 3 heterocycles. The zero-order valence-electron chi connectivity index (χ0n) is 20.6. The number of halogens is 3. The highest BCUT2D eigenvalue weighted by Crippen LogP contribution is 2.32. The summed E-state index contributed by atoms with van der Waals surface area (Å²) >= 11 is 0. The molecule has 38 heavy (non-hydrogen) atoms. The van der Waals surface area contributed by atoms with E-state index >= 15 is 0 Å². The summed E-state index contributed by atoms with van der Waals surface area (Å²) in [6.45, 7) is 0.596. The monoisotopic (exact) mass is 526 g/mol. The lowest BCUT2D eigenvalue weighted by molar-refractivity contribution is -0.274. The van der Waals surface area contributed by atoms with Gasteiger partial charge in [-0.05, 0) is 41.0 Å². The standard InChI is InChI=1S/C26H25F3N6O3/c1-34-14-19(12-32-34)18-10-21-24(31-11-18)35(25(30)33-21)13-17-5-8-22(23(9-17)36-2)37-15-16-3-6-20(7-4-16)38-26(27,28)29/h3-9,11-12,14,25H,10,13,15,30H2,1-2H3. The second-order valence-corrected chi connectivity index (χ2v) is 8.77. The van der Waals surface area contributed by atoms with E-state index in [1.165, 1.54) is 31.4 Å². The quantitative estimate of drug-likeness (QED) is 0.471. The van der Waals surface area contributed by atoms with Crippen molar-refractivity contribution in [2.45, 2.75) is 32.2 Å². The zero-order valence-corrected chi connectivity index (χ0v) is 20.6. The average Bonchev–Trinajstić information content (AvgIpc) is 3.45. The van der Waals surface area contributed by atoms with Gasteiger partial charge in [0.25, 0.3) is 0 Å². The van der Waals surface area contributed by atoms with Gasteiger partial charge in [0.05, 0.1) is 19.0 Å². The lowest BCUT2D eigenvalue weighted by Crippen LogP contribution is -2.41. The van der Waals surface area contributed by atoms with E-state index in [0.29, 0.717) is 30.0 Å². The number of ether oxygens (including phenoxy) is 3. The van der Waals surface area contributed by atoms with Crippen molar-refractivity contribution in [1.82, 2.24) is 14.7 Å². The number of nitrogens with two attached hydrogens (primary N) is 1. The molecule has 1 atom stereocenters. The van der Waals surface area contributed by atoms with Crippen molar-refractivity contribution in [3.05, 3.63) is 77.7 Å². The van der Waals surface area contributed by atoms with Crippen LogP contribution in [-0.2, 0) is 20.2 Å². The summed E-state index contributed by atoms with van der Waals surface area (Å²) in [5.74, 6) is 1.45. The maximum absolute atomic E-state index is 12.4. The molecule has 2 aromatic carbocycles. The Kier molecular flexibility index (Phi) is 6.81. The summed E-state index contributed by atoms with van der Waals surface area (Å²) in [5, 5.41) is 4.22. The third-order valence-electron chi connectivity index (χ3n) is 6.05. The maximum Gasteiger partial charge on any atom is 0.573 e. The lowest BCUT2D eigenvalue weighted by atomic mass is 10.0. The molecule has 0 amide bonds. The number of aliphatic imine (C=N–C) groups is 2. The summed E-state index contributed by atoms with van der Waals surface area (Å²) in [7, 11) is 3.40. The number of amidine groups is 1. The molecule has 5 rings (SSSR count). The Morgan fingerprint density at radius 2 is 1.84 bits per heavy atom. The first-order valence-electron chi connectivity index (χ1n) is 11.7. The molecule has 1 unspecified atom stereocenters. The van der Waals surface area contributed by atoms with Gasteiger partial charge in [-0.1, -0.05) is 18.2 Å². The topological polar surface area (TPSA) is 99.5 Å². The molecule has 0 radical (unpaired) electrons. The Balaban J connectivity index is 1.25. The van der Waals surface area contributed by atoms with Crippen LogP contribution in [0.5, 0.6) is 17.2 Å². The van der Waals surface area contributed by atoms with Crippen molar-refractivity contribution in [3.8, 4) is 17.2 Å². The molecule has 0 bridgehead atoms. The van der Waals surface area contributed by atoms with Crippen molar-refractivity contribution in [2.24, 2.45) is 22.8 Å². The van der Waals surface area contributed by atoms with Crippen LogP contribution in [0.15, 0.2) is 71.0 Å². The summed E-state index contributed by atoms with van der Waals surface area (Å²) in [4.78, 5) is 11.2. The first kappa shape index (κ1) is 25.3. The Labute approximate surface area is 216 Å². The van der Waals surface area contributed by atoms with E-state index in [0.717, 1.165) is 28.2 Å². The number of hydrogen-bond acceptors (Lipinski definition) is 8. The summed E-state index contributed by atoms with van der Waals surface area (Å²) in [6.07, 6.45) is 0.892. The minimum absolute atomic E-state index is 0.138. The van der Waals surface area contributed by atoms with Crippen molar-refractivity contribution in [2.75, 3.05) is 7.11 Å². The van der Waals surface area contributed by atoms with Crippen LogP contribution in [-0.4, -0.2) is 46.0 Å². The van der Waals surface area contributed by atoms with Gasteiger partial charge in [-0.3, -0.25) is 10.4 Å². The van der Waals surface area contributed by atoms with Gasteiger partial charge < -0.3 is 19.1 Å². The molecule has 0 aliphatic carbocycles. The third kappa shape index (κ3) is 5.65. The van der Waals surface area contributed by atoms with Crippen LogP contribution in [0, 0.1) is 0 Å². The number of aryl methyl sites for hydroxylation is 1. The molecule has 0 saturated heterocycles. The molecular formula is C26H25F3N6O3. The largest absolute Gasteiger partial charge is 0.573 e. The van der Waals surface area contributed by atoms with Crippen LogP contribution in [0.1, 0.15) is 23.1 Å². The van der Waals surface area contributed by atoms with E-state index in [9.17, 15) is 13.2 Å². The van der Waals surface area contributed by atoms with Crippen LogP contribution in [0.2, 0.25) is 0 Å². The molecule has 3 aromatic rings. The fourth-order valence-electron chi connectivity index (χ4n) is 4.22. The molecule has 0 fully saturated rings. The Morgan fingerprint density at radius 3 is 2.53 bits per heavy atom. The van der Waals surface area contributed by atoms with Gasteiger partial charge in [0.2, 0.25) is 0 Å². The number of benzene rings is 2. The smallest absolute Gasteiger partial charge is 0.493 e. The second-order valence-electron chi connectivity index (χ2n) is 8.77. The van der Waals surface area contributed by atoms with Gasteiger partial charge in [0.15, 0.2) is 23.6 Å². The van der Waals surface area contributed by atoms with Crippen LogP contribution in [0.3, 0.4) is 0 Å². The number of hydrogen-bond donors (Lipinski definition) is 1. The fourth-order valence-corrected chi connectivity index (χ4v) is 4.22. The lowest BCUT2D eigenvalue weighted by Gasteiger charge is -2.24. The molecule has 198 valence electrons. The average molecular weight is 527 g/mol. The normalized spacial score (nSPS) is 16.9. The molecule has 2 N–H and O–H groups in total. The van der Waals surface area contributed by atoms with Crippen molar-refractivity contribution in [3.63, 3.8) is 0 Å². The fraction of sp³-hybridized carbons (Fsp3) is 0.269.